The van der Waals surface area contributed by atoms with Gasteiger partial charge in [0, 0.05) is 24.6 Å². The zero-order valence-electron chi connectivity index (χ0n) is 19.5. The van der Waals surface area contributed by atoms with Crippen molar-refractivity contribution in [3.63, 3.8) is 0 Å². The van der Waals surface area contributed by atoms with E-state index in [0.717, 1.165) is 22.4 Å². The number of primary amides is 1. The molecule has 2 amide bonds. The van der Waals surface area contributed by atoms with Crippen LogP contribution in [0.2, 0.25) is 5.02 Å². The van der Waals surface area contributed by atoms with Crippen molar-refractivity contribution in [3.8, 4) is 17.1 Å². The average Bonchev–Trinajstić information content (AvgIpc) is 3.23. The Labute approximate surface area is 208 Å². The predicted octanol–water partition coefficient (Wildman–Crippen LogP) is 4.41. The van der Waals surface area contributed by atoms with Gasteiger partial charge in [0.25, 0.3) is 0 Å². The first-order valence-corrected chi connectivity index (χ1v) is 12.5. The molecule has 1 atom stereocenters. The third kappa shape index (κ3) is 4.98. The van der Waals surface area contributed by atoms with E-state index < -0.39 is 0 Å². The van der Waals surface area contributed by atoms with E-state index in [1.165, 1.54) is 11.8 Å². The maximum atomic E-state index is 13.2. The van der Waals surface area contributed by atoms with Gasteiger partial charge in [0.2, 0.25) is 11.8 Å². The van der Waals surface area contributed by atoms with E-state index in [4.69, 9.17) is 17.3 Å². The molecule has 0 spiro atoms. The standard InChI is InChI=1S/C25H28ClN5O2S/c1-15-8-9-16(2)21(14-15)31-23(19-6-4-5-7-20(19)26)28-29-25(31)34-17(3)24(33)30-12-10-18(11-13-30)22(27)32/h4-9,14,17-18H,10-13H2,1-3H3,(H2,27,32). The summed E-state index contributed by atoms with van der Waals surface area (Å²) in [5, 5.41) is 9.78. The number of carbonyl (C=O) groups excluding carboxylic acids is 2. The zero-order valence-corrected chi connectivity index (χ0v) is 21.1. The summed E-state index contributed by atoms with van der Waals surface area (Å²) in [4.78, 5) is 26.5. The number of benzene rings is 2. The minimum Gasteiger partial charge on any atom is -0.369 e. The van der Waals surface area contributed by atoms with Crippen molar-refractivity contribution in [1.82, 2.24) is 19.7 Å². The van der Waals surface area contributed by atoms with Crippen molar-refractivity contribution in [2.24, 2.45) is 11.7 Å². The fourth-order valence-electron chi connectivity index (χ4n) is 4.19. The number of nitrogens with two attached hydrogens (primary N) is 1. The summed E-state index contributed by atoms with van der Waals surface area (Å²) in [5.74, 6) is 0.201. The number of likely N-dealkylation sites (tertiary alicyclic amines) is 1. The number of carbonyl (C=O) groups is 2. The van der Waals surface area contributed by atoms with Crippen LogP contribution in [0.1, 0.15) is 30.9 Å². The number of aromatic nitrogens is 3. The Bertz CT molecular complexity index is 1220. The van der Waals surface area contributed by atoms with Crippen molar-refractivity contribution < 1.29 is 9.59 Å². The van der Waals surface area contributed by atoms with Crippen molar-refractivity contribution in [2.45, 2.75) is 44.0 Å². The van der Waals surface area contributed by atoms with Crippen LogP contribution >= 0.6 is 23.4 Å². The molecule has 7 nitrogen and oxygen atoms in total. The van der Waals surface area contributed by atoms with Gasteiger partial charge in [-0.3, -0.25) is 14.2 Å². The van der Waals surface area contributed by atoms with Gasteiger partial charge in [0.1, 0.15) is 0 Å². The first kappa shape index (κ1) is 24.3. The van der Waals surface area contributed by atoms with Gasteiger partial charge in [0.05, 0.1) is 16.0 Å². The van der Waals surface area contributed by atoms with Crippen LogP contribution in [0.5, 0.6) is 0 Å². The third-order valence-corrected chi connectivity index (χ3v) is 7.55. The Morgan fingerprint density at radius 2 is 1.82 bits per heavy atom. The van der Waals surface area contributed by atoms with Crippen LogP contribution in [-0.4, -0.2) is 49.8 Å². The highest BCUT2D eigenvalue weighted by atomic mass is 35.5. The summed E-state index contributed by atoms with van der Waals surface area (Å²) in [7, 11) is 0. The summed E-state index contributed by atoms with van der Waals surface area (Å²) in [5.41, 5.74) is 9.33. The van der Waals surface area contributed by atoms with E-state index in [9.17, 15) is 9.59 Å². The van der Waals surface area contributed by atoms with E-state index in [-0.39, 0.29) is 23.0 Å². The highest BCUT2D eigenvalue weighted by Crippen LogP contribution is 2.35. The largest absolute Gasteiger partial charge is 0.369 e. The molecule has 4 rings (SSSR count). The van der Waals surface area contributed by atoms with Gasteiger partial charge in [-0.1, -0.05) is 47.6 Å². The molecular weight excluding hydrogens is 470 g/mol. The minimum absolute atomic E-state index is 0.0164. The van der Waals surface area contributed by atoms with Gasteiger partial charge < -0.3 is 10.6 Å². The SMILES string of the molecule is Cc1ccc(C)c(-n2c(SC(C)C(=O)N3CCC(C(N)=O)CC3)nnc2-c2ccccc2Cl)c1. The second kappa shape index (κ2) is 10.2. The molecule has 0 aliphatic carbocycles. The first-order chi connectivity index (χ1) is 16.3. The van der Waals surface area contributed by atoms with Crippen molar-refractivity contribution >= 4 is 35.2 Å². The first-order valence-electron chi connectivity index (χ1n) is 11.3. The molecule has 1 aliphatic heterocycles. The number of halogens is 1. The quantitative estimate of drug-likeness (QED) is 0.509. The second-order valence-electron chi connectivity index (χ2n) is 8.67. The van der Waals surface area contributed by atoms with Crippen LogP contribution in [0.25, 0.3) is 17.1 Å². The Kier molecular flexibility index (Phi) is 7.28. The second-order valence-corrected chi connectivity index (χ2v) is 10.4. The molecule has 178 valence electrons. The molecule has 0 bridgehead atoms. The maximum Gasteiger partial charge on any atom is 0.235 e. The summed E-state index contributed by atoms with van der Waals surface area (Å²) in [6.07, 6.45) is 1.21. The van der Waals surface area contributed by atoms with Gasteiger partial charge in [0.15, 0.2) is 11.0 Å². The zero-order chi connectivity index (χ0) is 24.4. The van der Waals surface area contributed by atoms with Crippen molar-refractivity contribution in [3.05, 3.63) is 58.6 Å². The van der Waals surface area contributed by atoms with Gasteiger partial charge in [-0.2, -0.15) is 0 Å². The van der Waals surface area contributed by atoms with E-state index in [1.807, 2.05) is 54.5 Å². The number of amides is 2. The molecule has 1 unspecified atom stereocenters. The minimum atomic E-state index is -0.378. The van der Waals surface area contributed by atoms with Gasteiger partial charge in [-0.05, 0) is 62.9 Å². The highest BCUT2D eigenvalue weighted by molar-refractivity contribution is 8.00. The van der Waals surface area contributed by atoms with E-state index in [1.54, 1.807) is 0 Å². The van der Waals surface area contributed by atoms with Gasteiger partial charge >= 0.3 is 0 Å². The number of hydrogen-bond donors (Lipinski definition) is 1. The molecular formula is C25H28ClN5O2S. The predicted molar refractivity (Wildman–Crippen MR) is 135 cm³/mol. The fraction of sp³-hybridized carbons (Fsp3) is 0.360. The number of piperidine rings is 1. The summed E-state index contributed by atoms with van der Waals surface area (Å²) in [6, 6.07) is 13.7. The Hall–Kier alpha value is -2.84. The maximum absolute atomic E-state index is 13.2. The molecule has 34 heavy (non-hydrogen) atoms. The lowest BCUT2D eigenvalue weighted by Gasteiger charge is -2.32. The number of thioether (sulfide) groups is 1. The lowest BCUT2D eigenvalue weighted by Crippen LogP contribution is -2.44. The number of aryl methyl sites for hydroxylation is 2. The number of hydrogen-bond acceptors (Lipinski definition) is 5. The molecule has 2 heterocycles. The molecule has 1 fully saturated rings. The average molecular weight is 498 g/mol. The number of rotatable bonds is 6. The van der Waals surface area contributed by atoms with E-state index >= 15 is 0 Å². The molecule has 9 heteroatoms. The molecule has 0 radical (unpaired) electrons. The highest BCUT2D eigenvalue weighted by Gasteiger charge is 2.30. The fourth-order valence-corrected chi connectivity index (χ4v) is 5.36. The molecule has 0 saturated carbocycles. The van der Waals surface area contributed by atoms with Crippen molar-refractivity contribution in [2.75, 3.05) is 13.1 Å². The van der Waals surface area contributed by atoms with Crippen molar-refractivity contribution in [1.29, 1.82) is 0 Å². The van der Waals surface area contributed by atoms with E-state index in [0.29, 0.717) is 41.9 Å². The smallest absolute Gasteiger partial charge is 0.235 e. The Morgan fingerprint density at radius 3 is 2.50 bits per heavy atom. The molecule has 1 saturated heterocycles. The van der Waals surface area contributed by atoms with Crippen LogP contribution in [0.15, 0.2) is 47.6 Å². The van der Waals surface area contributed by atoms with E-state index in [2.05, 4.69) is 28.4 Å². The topological polar surface area (TPSA) is 94.1 Å². The van der Waals surface area contributed by atoms with Gasteiger partial charge in [-0.15, -0.1) is 10.2 Å². The Morgan fingerprint density at radius 1 is 1.12 bits per heavy atom. The summed E-state index contributed by atoms with van der Waals surface area (Å²) in [6.45, 7) is 7.02. The van der Waals surface area contributed by atoms with Gasteiger partial charge in [-0.25, -0.2) is 0 Å². The van der Waals surface area contributed by atoms with Crippen LogP contribution < -0.4 is 5.73 Å². The molecule has 1 aliphatic rings. The molecule has 2 N–H and O–H groups in total. The lowest BCUT2D eigenvalue weighted by molar-refractivity contribution is -0.134. The summed E-state index contributed by atoms with van der Waals surface area (Å²) < 4.78 is 1.98. The van der Waals surface area contributed by atoms with Crippen LogP contribution in [0.4, 0.5) is 0 Å². The molecule has 2 aromatic carbocycles. The van der Waals surface area contributed by atoms with Crippen LogP contribution in [-0.2, 0) is 9.59 Å². The summed E-state index contributed by atoms with van der Waals surface area (Å²) >= 11 is 7.88. The van der Waals surface area contributed by atoms with Crippen LogP contribution in [0.3, 0.4) is 0 Å². The molecule has 1 aromatic heterocycles. The monoisotopic (exact) mass is 497 g/mol. The molecule has 3 aromatic rings. The number of nitrogens with zero attached hydrogens (tertiary/aromatic N) is 4. The Balaban J connectivity index is 1.66. The normalized spacial score (nSPS) is 15.4. The lowest BCUT2D eigenvalue weighted by atomic mass is 9.96. The third-order valence-electron chi connectivity index (χ3n) is 6.19. The van der Waals surface area contributed by atoms with Crippen LogP contribution in [0, 0.1) is 19.8 Å².